The number of nitrogens with zero attached hydrogens (tertiary/aromatic N) is 2. The zero-order valence-electron chi connectivity index (χ0n) is 16.4. The normalized spacial score (nSPS) is 14.8. The summed E-state index contributed by atoms with van der Waals surface area (Å²) >= 11 is 0. The van der Waals surface area contributed by atoms with Crippen molar-refractivity contribution in [1.82, 2.24) is 4.90 Å². The number of amides is 2. The fourth-order valence-corrected chi connectivity index (χ4v) is 3.35. The molecule has 0 aromatic heterocycles. The van der Waals surface area contributed by atoms with Crippen LogP contribution < -0.4 is 10.2 Å². The summed E-state index contributed by atoms with van der Waals surface area (Å²) in [4.78, 5) is 28.3. The Kier molecular flexibility index (Phi) is 7.30. The number of hydrogen-bond donors (Lipinski definition) is 1. The van der Waals surface area contributed by atoms with Gasteiger partial charge in [0.1, 0.15) is 0 Å². The monoisotopic (exact) mass is 361 g/mol. The van der Waals surface area contributed by atoms with Gasteiger partial charge in [0.05, 0.1) is 6.61 Å². The van der Waals surface area contributed by atoms with Gasteiger partial charge in [-0.05, 0) is 64.3 Å². The minimum atomic E-state index is -0.283. The van der Waals surface area contributed by atoms with Gasteiger partial charge >= 0.3 is 6.09 Å². The lowest BCUT2D eigenvalue weighted by molar-refractivity contribution is -0.121. The highest BCUT2D eigenvalue weighted by Crippen LogP contribution is 2.25. The maximum atomic E-state index is 12.6. The lowest BCUT2D eigenvalue weighted by atomic mass is 9.96. The van der Waals surface area contributed by atoms with Crippen molar-refractivity contribution < 1.29 is 14.3 Å². The quantitative estimate of drug-likeness (QED) is 0.840. The van der Waals surface area contributed by atoms with Gasteiger partial charge in [-0.1, -0.05) is 0 Å². The third kappa shape index (κ3) is 4.90. The van der Waals surface area contributed by atoms with Gasteiger partial charge < -0.3 is 19.9 Å². The summed E-state index contributed by atoms with van der Waals surface area (Å²) in [6.45, 7) is 11.5. The molecule has 0 radical (unpaired) electrons. The molecule has 0 unspecified atom stereocenters. The van der Waals surface area contributed by atoms with Gasteiger partial charge in [-0.2, -0.15) is 0 Å². The topological polar surface area (TPSA) is 61.9 Å². The molecular formula is C20H31N3O3. The molecule has 1 N–H and O–H groups in total. The molecule has 2 amide bonds. The molecule has 0 spiro atoms. The first-order chi connectivity index (χ1) is 12.5. The predicted octanol–water partition coefficient (Wildman–Crippen LogP) is 3.65. The van der Waals surface area contributed by atoms with E-state index in [1.165, 1.54) is 5.69 Å². The standard InChI is InChI=1S/C20H31N3O3/c1-5-22(6-2)17-8-9-18(15(4)14-17)21-19(24)16-10-12-23(13-11-16)20(25)26-7-3/h8-9,14,16H,5-7,10-13H2,1-4H3,(H,21,24). The first-order valence-corrected chi connectivity index (χ1v) is 9.58. The third-order valence-corrected chi connectivity index (χ3v) is 4.99. The molecule has 26 heavy (non-hydrogen) atoms. The number of likely N-dealkylation sites (tertiary alicyclic amines) is 1. The Labute approximate surface area is 156 Å². The van der Waals surface area contributed by atoms with E-state index in [0.717, 1.165) is 24.3 Å². The van der Waals surface area contributed by atoms with Gasteiger partial charge in [0.2, 0.25) is 5.91 Å². The molecule has 1 aromatic rings. The van der Waals surface area contributed by atoms with Crippen molar-refractivity contribution >= 4 is 23.4 Å². The van der Waals surface area contributed by atoms with Crippen LogP contribution in [0.25, 0.3) is 0 Å². The Bertz CT molecular complexity index is 621. The number of rotatable bonds is 6. The van der Waals surface area contributed by atoms with Crippen LogP contribution in [0.3, 0.4) is 0 Å². The molecular weight excluding hydrogens is 330 g/mol. The molecule has 6 heteroatoms. The second-order valence-electron chi connectivity index (χ2n) is 6.62. The molecule has 0 atom stereocenters. The number of carbonyl (C=O) groups is 2. The van der Waals surface area contributed by atoms with Crippen LogP contribution in [0.2, 0.25) is 0 Å². The van der Waals surface area contributed by atoms with Crippen LogP contribution in [0.5, 0.6) is 0 Å². The fraction of sp³-hybridized carbons (Fsp3) is 0.600. The van der Waals surface area contributed by atoms with E-state index in [1.807, 2.05) is 13.0 Å². The minimum Gasteiger partial charge on any atom is -0.450 e. The van der Waals surface area contributed by atoms with Crippen LogP contribution in [-0.2, 0) is 9.53 Å². The van der Waals surface area contributed by atoms with E-state index in [9.17, 15) is 9.59 Å². The zero-order chi connectivity index (χ0) is 19.1. The average Bonchev–Trinajstić information content (AvgIpc) is 2.65. The van der Waals surface area contributed by atoms with E-state index in [1.54, 1.807) is 11.8 Å². The number of benzene rings is 1. The van der Waals surface area contributed by atoms with Crippen LogP contribution in [0.4, 0.5) is 16.2 Å². The van der Waals surface area contributed by atoms with Crippen LogP contribution in [0.15, 0.2) is 18.2 Å². The van der Waals surface area contributed by atoms with E-state index < -0.39 is 0 Å². The lowest BCUT2D eigenvalue weighted by Gasteiger charge is -2.30. The molecule has 1 aliphatic heterocycles. The number of anilines is 2. The highest BCUT2D eigenvalue weighted by atomic mass is 16.6. The SMILES string of the molecule is CCOC(=O)N1CCC(C(=O)Nc2ccc(N(CC)CC)cc2C)CC1. The summed E-state index contributed by atoms with van der Waals surface area (Å²) in [5.74, 6) is -0.0327. The van der Waals surface area contributed by atoms with Crippen LogP contribution in [0.1, 0.15) is 39.2 Å². The van der Waals surface area contributed by atoms with Gasteiger partial charge in [0.25, 0.3) is 0 Å². The number of nitrogens with one attached hydrogen (secondary N) is 1. The molecule has 144 valence electrons. The van der Waals surface area contributed by atoms with E-state index in [0.29, 0.717) is 32.5 Å². The lowest BCUT2D eigenvalue weighted by Crippen LogP contribution is -2.41. The molecule has 1 saturated heterocycles. The highest BCUT2D eigenvalue weighted by Gasteiger charge is 2.28. The van der Waals surface area contributed by atoms with Gasteiger partial charge in [-0.3, -0.25) is 4.79 Å². The van der Waals surface area contributed by atoms with Crippen LogP contribution in [0, 0.1) is 12.8 Å². The number of ether oxygens (including phenoxy) is 1. The van der Waals surface area contributed by atoms with Crippen LogP contribution >= 0.6 is 0 Å². The number of piperidine rings is 1. The molecule has 1 fully saturated rings. The Balaban J connectivity index is 1.93. The largest absolute Gasteiger partial charge is 0.450 e. The molecule has 6 nitrogen and oxygen atoms in total. The summed E-state index contributed by atoms with van der Waals surface area (Å²) in [6, 6.07) is 6.15. The minimum absolute atomic E-state index is 0.0344. The Morgan fingerprint density at radius 1 is 1.19 bits per heavy atom. The smallest absolute Gasteiger partial charge is 0.409 e. The molecule has 1 aromatic carbocycles. The molecule has 0 saturated carbocycles. The van der Waals surface area contributed by atoms with Crippen LogP contribution in [-0.4, -0.2) is 49.7 Å². The Morgan fingerprint density at radius 2 is 1.85 bits per heavy atom. The molecule has 1 heterocycles. The number of carbonyl (C=O) groups excluding carboxylic acids is 2. The van der Waals surface area contributed by atoms with Gasteiger partial charge in [0.15, 0.2) is 0 Å². The first kappa shape index (κ1) is 20.1. The maximum Gasteiger partial charge on any atom is 0.409 e. The van der Waals surface area contributed by atoms with Crippen molar-refractivity contribution in [2.45, 2.75) is 40.5 Å². The van der Waals surface area contributed by atoms with E-state index >= 15 is 0 Å². The summed E-state index contributed by atoms with van der Waals surface area (Å²) < 4.78 is 5.02. The van der Waals surface area contributed by atoms with Crippen molar-refractivity contribution in [2.75, 3.05) is 43.0 Å². The summed E-state index contributed by atoms with van der Waals surface area (Å²) in [5, 5.41) is 3.06. The van der Waals surface area contributed by atoms with Crippen molar-refractivity contribution in [3.8, 4) is 0 Å². The van der Waals surface area contributed by atoms with Crippen molar-refractivity contribution in [3.05, 3.63) is 23.8 Å². The third-order valence-electron chi connectivity index (χ3n) is 4.99. The average molecular weight is 361 g/mol. The van der Waals surface area contributed by atoms with Gasteiger partial charge in [-0.15, -0.1) is 0 Å². The highest BCUT2D eigenvalue weighted by molar-refractivity contribution is 5.93. The van der Waals surface area contributed by atoms with Crippen molar-refractivity contribution in [3.63, 3.8) is 0 Å². The van der Waals surface area contributed by atoms with Crippen molar-refractivity contribution in [1.29, 1.82) is 0 Å². The van der Waals surface area contributed by atoms with E-state index in [4.69, 9.17) is 4.74 Å². The fourth-order valence-electron chi connectivity index (χ4n) is 3.35. The number of hydrogen-bond acceptors (Lipinski definition) is 4. The molecule has 0 aliphatic carbocycles. The molecule has 2 rings (SSSR count). The summed E-state index contributed by atoms with van der Waals surface area (Å²) in [7, 11) is 0. The van der Waals surface area contributed by atoms with E-state index in [2.05, 4.69) is 36.2 Å². The second kappa shape index (κ2) is 9.46. The maximum absolute atomic E-state index is 12.6. The Hall–Kier alpha value is -2.24. The zero-order valence-corrected chi connectivity index (χ0v) is 16.4. The first-order valence-electron chi connectivity index (χ1n) is 9.58. The van der Waals surface area contributed by atoms with Gasteiger partial charge in [0, 0.05) is 43.5 Å². The molecule has 0 bridgehead atoms. The number of aryl methyl sites for hydroxylation is 1. The molecule has 1 aliphatic rings. The summed E-state index contributed by atoms with van der Waals surface area (Å²) in [6.07, 6.45) is 1.05. The van der Waals surface area contributed by atoms with E-state index in [-0.39, 0.29) is 17.9 Å². The second-order valence-corrected chi connectivity index (χ2v) is 6.62. The summed E-state index contributed by atoms with van der Waals surface area (Å²) in [5.41, 5.74) is 3.10. The Morgan fingerprint density at radius 3 is 2.38 bits per heavy atom. The van der Waals surface area contributed by atoms with Crippen molar-refractivity contribution in [2.24, 2.45) is 5.92 Å². The predicted molar refractivity (Wildman–Crippen MR) is 105 cm³/mol. The van der Waals surface area contributed by atoms with Gasteiger partial charge in [-0.25, -0.2) is 4.79 Å².